The summed E-state index contributed by atoms with van der Waals surface area (Å²) in [5.41, 5.74) is 1.82. The van der Waals surface area contributed by atoms with Crippen molar-refractivity contribution in [2.75, 3.05) is 27.1 Å². The fourth-order valence-electron chi connectivity index (χ4n) is 3.66. The highest BCUT2D eigenvalue weighted by molar-refractivity contribution is 9.10. The largest absolute Gasteiger partial charge is 0.493 e. The molecule has 0 aliphatic carbocycles. The van der Waals surface area contributed by atoms with E-state index in [9.17, 15) is 5.11 Å². The summed E-state index contributed by atoms with van der Waals surface area (Å²) in [7, 11) is 1.62. The highest BCUT2D eigenvalue weighted by atomic mass is 79.9. The van der Waals surface area contributed by atoms with Crippen LogP contribution in [0, 0.1) is 0 Å². The normalized spacial score (nSPS) is 12.8. The van der Waals surface area contributed by atoms with Gasteiger partial charge in [0.1, 0.15) is 12.7 Å². The third-order valence-corrected chi connectivity index (χ3v) is 6.08. The van der Waals surface area contributed by atoms with Crippen LogP contribution in [0.25, 0.3) is 0 Å². The van der Waals surface area contributed by atoms with Gasteiger partial charge in [0.05, 0.1) is 11.6 Å². The SMILES string of the molecule is CCCCCCCCNCc1cc(Br)c(OCC(O)c2ccc3c(c2)OCO3)c(OC)c1.Cl. The van der Waals surface area contributed by atoms with Crippen LogP contribution in [0.1, 0.15) is 62.7 Å². The molecule has 8 heteroatoms. The number of rotatable bonds is 14. The van der Waals surface area contributed by atoms with Gasteiger partial charge < -0.3 is 29.4 Å². The first-order valence-corrected chi connectivity index (χ1v) is 12.2. The van der Waals surface area contributed by atoms with E-state index < -0.39 is 6.10 Å². The van der Waals surface area contributed by atoms with Crippen LogP contribution in [0.3, 0.4) is 0 Å². The molecule has 0 saturated heterocycles. The number of fused-ring (bicyclic) bond motifs is 1. The number of halogens is 2. The number of aliphatic hydroxyl groups excluding tert-OH is 1. The second-order valence-corrected chi connectivity index (χ2v) is 8.85. The molecule has 0 aromatic heterocycles. The molecule has 184 valence electrons. The van der Waals surface area contributed by atoms with Gasteiger partial charge in [-0.25, -0.2) is 0 Å². The van der Waals surface area contributed by atoms with E-state index in [2.05, 4.69) is 28.2 Å². The van der Waals surface area contributed by atoms with Crippen LogP contribution in [0.5, 0.6) is 23.0 Å². The molecule has 0 radical (unpaired) electrons. The third-order valence-electron chi connectivity index (χ3n) is 5.49. The minimum Gasteiger partial charge on any atom is -0.493 e. The Morgan fingerprint density at radius 1 is 1.06 bits per heavy atom. The zero-order chi connectivity index (χ0) is 22.8. The number of benzene rings is 2. The topological polar surface area (TPSA) is 69.2 Å². The highest BCUT2D eigenvalue weighted by Gasteiger charge is 2.19. The molecule has 0 saturated carbocycles. The molecular weight excluding hydrogens is 510 g/mol. The average Bonchev–Trinajstić information content (AvgIpc) is 3.27. The second kappa shape index (κ2) is 14.6. The molecule has 3 rings (SSSR count). The van der Waals surface area contributed by atoms with E-state index >= 15 is 0 Å². The van der Waals surface area contributed by atoms with Gasteiger partial charge in [-0.15, -0.1) is 12.4 Å². The minimum absolute atomic E-state index is 0. The lowest BCUT2D eigenvalue weighted by atomic mass is 10.1. The lowest BCUT2D eigenvalue weighted by Crippen LogP contribution is -2.15. The molecule has 1 unspecified atom stereocenters. The third kappa shape index (κ3) is 8.25. The predicted molar refractivity (Wildman–Crippen MR) is 136 cm³/mol. The van der Waals surface area contributed by atoms with Crippen molar-refractivity contribution in [1.82, 2.24) is 5.32 Å². The van der Waals surface area contributed by atoms with Crippen LogP contribution in [-0.2, 0) is 6.54 Å². The van der Waals surface area contributed by atoms with E-state index in [0.717, 1.165) is 23.1 Å². The molecule has 0 bridgehead atoms. The maximum atomic E-state index is 10.6. The molecule has 33 heavy (non-hydrogen) atoms. The van der Waals surface area contributed by atoms with Gasteiger partial charge >= 0.3 is 0 Å². The van der Waals surface area contributed by atoms with Crippen molar-refractivity contribution < 1.29 is 24.1 Å². The van der Waals surface area contributed by atoms with Crippen LogP contribution in [0.15, 0.2) is 34.8 Å². The number of methoxy groups -OCH3 is 1. The molecule has 1 heterocycles. The minimum atomic E-state index is -0.806. The summed E-state index contributed by atoms with van der Waals surface area (Å²) in [5.74, 6) is 2.53. The van der Waals surface area contributed by atoms with Crippen LogP contribution < -0.4 is 24.3 Å². The van der Waals surface area contributed by atoms with Crippen molar-refractivity contribution >= 4 is 28.3 Å². The highest BCUT2D eigenvalue weighted by Crippen LogP contribution is 2.38. The Balaban J connectivity index is 0.00000385. The van der Waals surface area contributed by atoms with Crippen LogP contribution >= 0.6 is 28.3 Å². The van der Waals surface area contributed by atoms with Gasteiger partial charge in [0.2, 0.25) is 6.79 Å². The summed E-state index contributed by atoms with van der Waals surface area (Å²) < 4.78 is 23.0. The van der Waals surface area contributed by atoms with E-state index in [-0.39, 0.29) is 25.8 Å². The van der Waals surface area contributed by atoms with E-state index in [1.54, 1.807) is 19.2 Å². The number of unbranched alkanes of at least 4 members (excludes halogenated alkanes) is 5. The first-order chi connectivity index (χ1) is 15.6. The van der Waals surface area contributed by atoms with Gasteiger partial charge in [0, 0.05) is 6.54 Å². The number of nitrogens with one attached hydrogen (secondary N) is 1. The van der Waals surface area contributed by atoms with Crippen LogP contribution in [0.2, 0.25) is 0 Å². The Bertz CT molecular complexity index is 867. The molecular formula is C25H35BrClNO5. The summed E-state index contributed by atoms with van der Waals surface area (Å²) >= 11 is 3.59. The zero-order valence-corrected chi connectivity index (χ0v) is 21.8. The van der Waals surface area contributed by atoms with E-state index in [0.29, 0.717) is 28.6 Å². The van der Waals surface area contributed by atoms with Gasteiger partial charge in [0.25, 0.3) is 0 Å². The van der Waals surface area contributed by atoms with Crippen molar-refractivity contribution in [3.05, 3.63) is 45.9 Å². The Morgan fingerprint density at radius 3 is 2.61 bits per heavy atom. The van der Waals surface area contributed by atoms with Gasteiger partial charge in [-0.3, -0.25) is 0 Å². The predicted octanol–water partition coefficient (Wildman–Crippen LogP) is 6.17. The number of hydrogen-bond acceptors (Lipinski definition) is 6. The van der Waals surface area contributed by atoms with E-state index in [1.165, 1.54) is 38.5 Å². The molecule has 0 amide bonds. The summed E-state index contributed by atoms with van der Waals surface area (Å²) in [6, 6.07) is 9.39. The number of hydrogen-bond donors (Lipinski definition) is 2. The molecule has 0 fully saturated rings. The van der Waals surface area contributed by atoms with Crippen LogP contribution in [0.4, 0.5) is 0 Å². The summed E-state index contributed by atoms with van der Waals surface area (Å²) in [6.07, 6.45) is 6.94. The smallest absolute Gasteiger partial charge is 0.231 e. The molecule has 2 N–H and O–H groups in total. The van der Waals surface area contributed by atoms with Crippen molar-refractivity contribution in [1.29, 1.82) is 0 Å². The van der Waals surface area contributed by atoms with E-state index in [4.69, 9.17) is 18.9 Å². The molecule has 2 aromatic rings. The molecule has 2 aromatic carbocycles. The van der Waals surface area contributed by atoms with Gasteiger partial charge in [-0.2, -0.15) is 0 Å². The standard InChI is InChI=1S/C25H34BrNO5.ClH/c1-3-4-5-6-7-8-11-27-15-18-12-20(26)25(24(13-18)29-2)30-16-21(28)19-9-10-22-23(14-19)32-17-31-22;/h9-10,12-14,21,27-28H,3-8,11,15-17H2,1-2H3;1H. The number of ether oxygens (including phenoxy) is 4. The van der Waals surface area contributed by atoms with Crippen molar-refractivity contribution in [2.24, 2.45) is 0 Å². The Kier molecular flexibility index (Phi) is 12.2. The summed E-state index contributed by atoms with van der Waals surface area (Å²) in [5, 5.41) is 14.1. The molecule has 0 spiro atoms. The van der Waals surface area contributed by atoms with E-state index in [1.807, 2.05) is 18.2 Å². The monoisotopic (exact) mass is 543 g/mol. The Hall–Kier alpha value is -1.67. The van der Waals surface area contributed by atoms with Crippen LogP contribution in [-0.4, -0.2) is 32.2 Å². The zero-order valence-electron chi connectivity index (χ0n) is 19.4. The first kappa shape index (κ1) is 27.6. The maximum absolute atomic E-state index is 10.6. The Labute approximate surface area is 211 Å². The van der Waals surface area contributed by atoms with Crippen molar-refractivity contribution in [2.45, 2.75) is 58.1 Å². The molecule has 6 nitrogen and oxygen atoms in total. The second-order valence-electron chi connectivity index (χ2n) is 7.99. The molecule has 1 aliphatic rings. The first-order valence-electron chi connectivity index (χ1n) is 11.4. The molecule has 1 atom stereocenters. The van der Waals surface area contributed by atoms with Crippen molar-refractivity contribution in [3.63, 3.8) is 0 Å². The van der Waals surface area contributed by atoms with Gasteiger partial charge in [-0.05, 0) is 64.3 Å². The summed E-state index contributed by atoms with van der Waals surface area (Å²) in [4.78, 5) is 0. The Morgan fingerprint density at radius 2 is 1.82 bits per heavy atom. The lowest BCUT2D eigenvalue weighted by molar-refractivity contribution is 0.105. The fourth-order valence-corrected chi connectivity index (χ4v) is 4.26. The quantitative estimate of drug-likeness (QED) is 0.277. The number of aliphatic hydroxyl groups is 1. The summed E-state index contributed by atoms with van der Waals surface area (Å²) in [6.45, 7) is 4.31. The average molecular weight is 545 g/mol. The fraction of sp³-hybridized carbons (Fsp3) is 0.520. The maximum Gasteiger partial charge on any atom is 0.231 e. The van der Waals surface area contributed by atoms with Crippen molar-refractivity contribution in [3.8, 4) is 23.0 Å². The van der Waals surface area contributed by atoms with Gasteiger partial charge in [0.15, 0.2) is 23.0 Å². The lowest BCUT2D eigenvalue weighted by Gasteiger charge is -2.17. The molecule has 1 aliphatic heterocycles. The van der Waals surface area contributed by atoms with Gasteiger partial charge in [-0.1, -0.05) is 45.1 Å².